The first-order valence-corrected chi connectivity index (χ1v) is 6.71. The fourth-order valence-electron chi connectivity index (χ4n) is 2.98. The van der Waals surface area contributed by atoms with E-state index >= 15 is 0 Å². The zero-order chi connectivity index (χ0) is 14.3. The number of fused-ring (bicyclic) bond motifs is 1. The van der Waals surface area contributed by atoms with Crippen LogP contribution in [-0.2, 0) is 12.8 Å². The summed E-state index contributed by atoms with van der Waals surface area (Å²) in [5.41, 5.74) is 4.02. The summed E-state index contributed by atoms with van der Waals surface area (Å²) >= 11 is 0. The lowest BCUT2D eigenvalue weighted by Gasteiger charge is -2.11. The van der Waals surface area contributed by atoms with E-state index in [-0.39, 0.29) is 11.5 Å². The summed E-state index contributed by atoms with van der Waals surface area (Å²) in [5.74, 6) is 0.0649. The van der Waals surface area contributed by atoms with Crippen molar-refractivity contribution in [1.82, 2.24) is 9.97 Å². The summed E-state index contributed by atoms with van der Waals surface area (Å²) in [6, 6.07) is 8.37. The van der Waals surface area contributed by atoms with E-state index in [9.17, 15) is 4.79 Å². The highest BCUT2D eigenvalue weighted by Crippen LogP contribution is 2.32. The maximum absolute atomic E-state index is 11.2. The summed E-state index contributed by atoms with van der Waals surface area (Å²) in [6.07, 6.45) is 1.86. The third kappa shape index (κ3) is 2.07. The number of aromatic carboxylic acids is 1. The maximum atomic E-state index is 11.2. The molecule has 0 unspecified atom stereocenters. The normalized spacial score (nSPS) is 14.3. The molecule has 1 aromatic heterocycles. The molecule has 0 fully saturated rings. The van der Waals surface area contributed by atoms with Crippen molar-refractivity contribution >= 4 is 5.97 Å². The molecular formula is C16H16N2O2. The topological polar surface area (TPSA) is 63.1 Å². The van der Waals surface area contributed by atoms with Gasteiger partial charge in [-0.1, -0.05) is 24.3 Å². The van der Waals surface area contributed by atoms with Crippen molar-refractivity contribution in [3.8, 4) is 0 Å². The monoisotopic (exact) mass is 268 g/mol. The van der Waals surface area contributed by atoms with Crippen molar-refractivity contribution in [2.24, 2.45) is 0 Å². The van der Waals surface area contributed by atoms with Crippen LogP contribution in [0.3, 0.4) is 0 Å². The smallest absolute Gasteiger partial charge is 0.339 e. The predicted molar refractivity (Wildman–Crippen MR) is 75.1 cm³/mol. The molecule has 2 aromatic rings. The minimum atomic E-state index is -0.957. The van der Waals surface area contributed by atoms with E-state index in [0.29, 0.717) is 11.4 Å². The zero-order valence-corrected chi connectivity index (χ0v) is 11.6. The van der Waals surface area contributed by atoms with Crippen LogP contribution in [0.4, 0.5) is 0 Å². The average Bonchev–Trinajstić information content (AvgIpc) is 2.81. The Bertz CT molecular complexity index is 647. The molecule has 102 valence electrons. The molecule has 20 heavy (non-hydrogen) atoms. The number of benzene rings is 1. The van der Waals surface area contributed by atoms with Crippen LogP contribution >= 0.6 is 0 Å². The third-order valence-electron chi connectivity index (χ3n) is 3.92. The Morgan fingerprint density at radius 2 is 1.60 bits per heavy atom. The van der Waals surface area contributed by atoms with Gasteiger partial charge in [0, 0.05) is 5.92 Å². The summed E-state index contributed by atoms with van der Waals surface area (Å²) < 4.78 is 0. The Balaban J connectivity index is 1.96. The molecule has 1 N–H and O–H groups in total. The molecule has 4 heteroatoms. The van der Waals surface area contributed by atoms with Gasteiger partial charge < -0.3 is 5.11 Å². The van der Waals surface area contributed by atoms with Gasteiger partial charge in [0.1, 0.15) is 11.4 Å². The van der Waals surface area contributed by atoms with E-state index in [1.807, 2.05) is 12.1 Å². The van der Waals surface area contributed by atoms with Crippen LogP contribution in [-0.4, -0.2) is 21.0 Å². The van der Waals surface area contributed by atoms with E-state index in [1.165, 1.54) is 11.1 Å². The van der Waals surface area contributed by atoms with Gasteiger partial charge >= 0.3 is 5.97 Å². The zero-order valence-electron chi connectivity index (χ0n) is 11.6. The number of carbonyl (C=O) groups is 1. The molecule has 0 spiro atoms. The second-order valence-corrected chi connectivity index (χ2v) is 5.31. The molecule has 0 bridgehead atoms. The minimum absolute atomic E-state index is 0.226. The molecule has 0 radical (unpaired) electrons. The van der Waals surface area contributed by atoms with Gasteiger partial charge in [-0.25, -0.2) is 14.8 Å². The van der Waals surface area contributed by atoms with Crippen molar-refractivity contribution in [1.29, 1.82) is 0 Å². The van der Waals surface area contributed by atoms with Gasteiger partial charge in [0.2, 0.25) is 0 Å². The number of nitrogens with zero attached hydrogens (tertiary/aromatic N) is 2. The number of carboxylic acid groups (broad SMARTS) is 1. The summed E-state index contributed by atoms with van der Waals surface area (Å²) in [7, 11) is 0. The van der Waals surface area contributed by atoms with Gasteiger partial charge in [-0.2, -0.15) is 0 Å². The average molecular weight is 268 g/mol. The van der Waals surface area contributed by atoms with Gasteiger partial charge in [-0.3, -0.25) is 0 Å². The molecule has 0 saturated carbocycles. The highest BCUT2D eigenvalue weighted by atomic mass is 16.4. The number of aryl methyl sites for hydroxylation is 2. The quantitative estimate of drug-likeness (QED) is 0.909. The minimum Gasteiger partial charge on any atom is -0.478 e. The molecule has 0 atom stereocenters. The standard InChI is InChI=1S/C16H16N2O2/c1-9-14(16(19)20)10(2)18-15(17-9)13-7-11-5-3-4-6-12(11)8-13/h3-6,13H,7-8H2,1-2H3,(H,19,20). The molecule has 3 rings (SSSR count). The number of rotatable bonds is 2. The summed E-state index contributed by atoms with van der Waals surface area (Å²) in [6.45, 7) is 3.48. The molecule has 1 aliphatic rings. The highest BCUT2D eigenvalue weighted by molar-refractivity contribution is 5.89. The van der Waals surface area contributed by atoms with Crippen LogP contribution in [0.2, 0.25) is 0 Å². The van der Waals surface area contributed by atoms with Crippen molar-refractivity contribution in [2.45, 2.75) is 32.6 Å². The second-order valence-electron chi connectivity index (χ2n) is 5.31. The van der Waals surface area contributed by atoms with Gasteiger partial charge in [-0.05, 0) is 37.8 Å². The van der Waals surface area contributed by atoms with E-state index < -0.39 is 5.97 Å². The highest BCUT2D eigenvalue weighted by Gasteiger charge is 2.26. The van der Waals surface area contributed by atoms with Gasteiger partial charge in [-0.15, -0.1) is 0 Å². The molecule has 0 aliphatic heterocycles. The van der Waals surface area contributed by atoms with Crippen LogP contribution in [0, 0.1) is 13.8 Å². The Kier molecular flexibility index (Phi) is 3.01. The summed E-state index contributed by atoms with van der Waals surface area (Å²) in [4.78, 5) is 20.0. The molecular weight excluding hydrogens is 252 g/mol. The molecule has 4 nitrogen and oxygen atoms in total. The van der Waals surface area contributed by atoms with Gasteiger partial charge in [0.05, 0.1) is 11.4 Å². The Morgan fingerprint density at radius 1 is 1.10 bits per heavy atom. The van der Waals surface area contributed by atoms with Crippen LogP contribution in [0.5, 0.6) is 0 Å². The lowest BCUT2D eigenvalue weighted by molar-refractivity contribution is 0.0694. The number of hydrogen-bond acceptors (Lipinski definition) is 3. The Morgan fingerprint density at radius 3 is 2.05 bits per heavy atom. The fraction of sp³-hybridized carbons (Fsp3) is 0.312. The van der Waals surface area contributed by atoms with E-state index in [0.717, 1.165) is 18.7 Å². The number of aromatic nitrogens is 2. The first kappa shape index (κ1) is 12.8. The molecule has 1 aromatic carbocycles. The number of carboxylic acids is 1. The molecule has 1 heterocycles. The van der Waals surface area contributed by atoms with Gasteiger partial charge in [0.15, 0.2) is 0 Å². The Hall–Kier alpha value is -2.23. The largest absolute Gasteiger partial charge is 0.478 e. The first-order valence-electron chi connectivity index (χ1n) is 6.71. The van der Waals surface area contributed by atoms with Crippen molar-refractivity contribution in [3.63, 3.8) is 0 Å². The van der Waals surface area contributed by atoms with E-state index in [2.05, 4.69) is 22.1 Å². The van der Waals surface area contributed by atoms with Crippen molar-refractivity contribution < 1.29 is 9.90 Å². The summed E-state index contributed by atoms with van der Waals surface area (Å²) in [5, 5.41) is 9.16. The lowest BCUT2D eigenvalue weighted by Crippen LogP contribution is -2.13. The molecule has 0 saturated heterocycles. The predicted octanol–water partition coefficient (Wildman–Crippen LogP) is 2.67. The second kappa shape index (κ2) is 4.71. The maximum Gasteiger partial charge on any atom is 0.339 e. The molecule has 1 aliphatic carbocycles. The van der Waals surface area contributed by atoms with Crippen LogP contribution < -0.4 is 0 Å². The first-order chi connectivity index (χ1) is 9.56. The fourth-order valence-corrected chi connectivity index (χ4v) is 2.98. The Labute approximate surface area is 117 Å². The van der Waals surface area contributed by atoms with Crippen LogP contribution in [0.25, 0.3) is 0 Å². The molecule has 0 amide bonds. The van der Waals surface area contributed by atoms with Crippen LogP contribution in [0.1, 0.15) is 44.6 Å². The third-order valence-corrected chi connectivity index (χ3v) is 3.92. The van der Waals surface area contributed by atoms with E-state index in [1.54, 1.807) is 13.8 Å². The van der Waals surface area contributed by atoms with Crippen molar-refractivity contribution in [3.05, 3.63) is 58.2 Å². The van der Waals surface area contributed by atoms with Crippen LogP contribution in [0.15, 0.2) is 24.3 Å². The lowest BCUT2D eigenvalue weighted by atomic mass is 10.0. The van der Waals surface area contributed by atoms with Gasteiger partial charge in [0.25, 0.3) is 0 Å². The SMILES string of the molecule is Cc1nc(C2Cc3ccccc3C2)nc(C)c1C(=O)O. The van der Waals surface area contributed by atoms with Crippen molar-refractivity contribution in [2.75, 3.05) is 0 Å². The van der Waals surface area contributed by atoms with E-state index in [4.69, 9.17) is 5.11 Å². The number of hydrogen-bond donors (Lipinski definition) is 1.